The number of hydrogen-bond donors (Lipinski definition) is 2. The Balaban J connectivity index is 1.62. The summed E-state index contributed by atoms with van der Waals surface area (Å²) in [5.41, 5.74) is -0.343. The molecule has 162 valence electrons. The van der Waals surface area contributed by atoms with Gasteiger partial charge < -0.3 is 10.2 Å². The van der Waals surface area contributed by atoms with E-state index in [9.17, 15) is 19.5 Å². The van der Waals surface area contributed by atoms with Crippen LogP contribution in [0.1, 0.15) is 78.6 Å². The van der Waals surface area contributed by atoms with Crippen LogP contribution in [0.25, 0.3) is 0 Å². The normalized spacial score (nSPS) is 47.9. The molecule has 9 atom stereocenters. The highest BCUT2D eigenvalue weighted by molar-refractivity contribution is 5.86. The van der Waals surface area contributed by atoms with Crippen molar-refractivity contribution in [3.05, 3.63) is 0 Å². The molecule has 0 aromatic heterocycles. The van der Waals surface area contributed by atoms with E-state index in [4.69, 9.17) is 5.11 Å². The summed E-state index contributed by atoms with van der Waals surface area (Å²) in [6, 6.07) is 0. The summed E-state index contributed by atoms with van der Waals surface area (Å²) in [7, 11) is 0. The number of carboxylic acid groups (broad SMARTS) is 1. The van der Waals surface area contributed by atoms with Gasteiger partial charge in [-0.3, -0.25) is 14.4 Å². The summed E-state index contributed by atoms with van der Waals surface area (Å²) in [5, 5.41) is 20.5. The number of aliphatic hydroxyl groups excluding tert-OH is 1. The van der Waals surface area contributed by atoms with Gasteiger partial charge in [0.2, 0.25) is 0 Å². The maximum absolute atomic E-state index is 13.3. The number of rotatable bonds is 4. The Kier molecular flexibility index (Phi) is 5.20. The van der Waals surface area contributed by atoms with Crippen LogP contribution in [0, 0.1) is 46.3 Å². The zero-order chi connectivity index (χ0) is 21.1. The van der Waals surface area contributed by atoms with Gasteiger partial charge in [-0.2, -0.15) is 0 Å². The van der Waals surface area contributed by atoms with Gasteiger partial charge in [0.1, 0.15) is 11.6 Å². The number of carbonyl (C=O) groups excluding carboxylic acids is 2. The number of aliphatic hydroxyl groups is 1. The van der Waals surface area contributed by atoms with E-state index >= 15 is 0 Å². The Labute approximate surface area is 173 Å². The number of carboxylic acids is 1. The van der Waals surface area contributed by atoms with E-state index in [0.717, 1.165) is 19.3 Å². The monoisotopic (exact) mass is 404 g/mol. The van der Waals surface area contributed by atoms with Crippen molar-refractivity contribution in [2.24, 2.45) is 46.3 Å². The van der Waals surface area contributed by atoms with Crippen molar-refractivity contribution >= 4 is 17.5 Å². The number of aliphatic carboxylic acids is 1. The molecule has 0 aliphatic heterocycles. The molecule has 29 heavy (non-hydrogen) atoms. The second-order valence-corrected chi connectivity index (χ2v) is 11.1. The fourth-order valence-corrected chi connectivity index (χ4v) is 8.21. The third-order valence-corrected chi connectivity index (χ3v) is 9.96. The molecule has 5 heteroatoms. The van der Waals surface area contributed by atoms with E-state index in [1.807, 2.05) is 0 Å². The highest BCUT2D eigenvalue weighted by Crippen LogP contribution is 2.67. The quantitative estimate of drug-likeness (QED) is 0.742. The molecule has 0 saturated heterocycles. The molecule has 0 spiro atoms. The average Bonchev–Trinajstić information content (AvgIpc) is 3.01. The standard InChI is InChI=1S/C24H36O5/c1-13(4-7-21(28)29)16-5-6-17-22-18(12-20(27)24(16,17)3)23(2)9-8-15(25)10-14(23)11-19(22)26/h13-14,16-18,20,22,27H,4-12H2,1-3H3,(H,28,29). The van der Waals surface area contributed by atoms with Crippen molar-refractivity contribution in [2.75, 3.05) is 0 Å². The molecule has 5 nitrogen and oxygen atoms in total. The molecule has 9 unspecified atom stereocenters. The first-order valence-electron chi connectivity index (χ1n) is 11.5. The smallest absolute Gasteiger partial charge is 0.303 e. The summed E-state index contributed by atoms with van der Waals surface area (Å²) in [5.74, 6) is 0.793. The molecule has 0 aromatic rings. The summed E-state index contributed by atoms with van der Waals surface area (Å²) >= 11 is 0. The molecule has 4 fully saturated rings. The molecule has 4 rings (SSSR count). The SMILES string of the molecule is CC(CCC(=O)O)C1CCC2C3C(=O)CC4CC(=O)CCC4(C)C3CC(O)C12C. The summed E-state index contributed by atoms with van der Waals surface area (Å²) < 4.78 is 0. The second-order valence-electron chi connectivity index (χ2n) is 11.1. The van der Waals surface area contributed by atoms with Gasteiger partial charge in [0.25, 0.3) is 0 Å². The topological polar surface area (TPSA) is 91.7 Å². The minimum Gasteiger partial charge on any atom is -0.481 e. The van der Waals surface area contributed by atoms with Gasteiger partial charge in [0.15, 0.2) is 0 Å². The number of hydrogen-bond acceptors (Lipinski definition) is 4. The number of ketones is 2. The lowest BCUT2D eigenvalue weighted by molar-refractivity contribution is -0.178. The Morgan fingerprint density at radius 2 is 1.90 bits per heavy atom. The molecule has 0 aromatic carbocycles. The predicted octanol–water partition coefficient (Wildman–Crippen LogP) is 3.87. The fraction of sp³-hybridized carbons (Fsp3) is 0.875. The molecule has 0 heterocycles. The van der Waals surface area contributed by atoms with E-state index in [0.29, 0.717) is 37.9 Å². The van der Waals surface area contributed by atoms with E-state index < -0.39 is 12.1 Å². The van der Waals surface area contributed by atoms with Gasteiger partial charge in [-0.25, -0.2) is 0 Å². The summed E-state index contributed by atoms with van der Waals surface area (Å²) in [4.78, 5) is 36.4. The molecule has 2 N–H and O–H groups in total. The summed E-state index contributed by atoms with van der Waals surface area (Å²) in [6.07, 6.45) is 5.38. The molecular formula is C24H36O5. The van der Waals surface area contributed by atoms with Crippen molar-refractivity contribution in [3.63, 3.8) is 0 Å². The van der Waals surface area contributed by atoms with E-state index in [-0.39, 0.29) is 58.5 Å². The third kappa shape index (κ3) is 3.10. The Bertz CT molecular complexity index is 716. The summed E-state index contributed by atoms with van der Waals surface area (Å²) in [6.45, 7) is 6.55. The van der Waals surface area contributed by atoms with Gasteiger partial charge in [0.05, 0.1) is 6.10 Å². The number of Topliss-reactive ketones (excluding diaryl/α,β-unsaturated/α-hetero) is 2. The number of fused-ring (bicyclic) bond motifs is 5. The van der Waals surface area contributed by atoms with Crippen LogP contribution in [0.3, 0.4) is 0 Å². The van der Waals surface area contributed by atoms with Crippen LogP contribution in [-0.2, 0) is 14.4 Å². The van der Waals surface area contributed by atoms with Crippen molar-refractivity contribution < 1.29 is 24.6 Å². The maximum Gasteiger partial charge on any atom is 0.303 e. The Morgan fingerprint density at radius 3 is 2.59 bits per heavy atom. The van der Waals surface area contributed by atoms with Crippen LogP contribution in [0.15, 0.2) is 0 Å². The lowest BCUT2D eigenvalue weighted by Crippen LogP contribution is -2.61. The zero-order valence-corrected chi connectivity index (χ0v) is 18.0. The van der Waals surface area contributed by atoms with E-state index in [1.54, 1.807) is 0 Å². The first-order chi connectivity index (χ1) is 13.6. The van der Waals surface area contributed by atoms with Crippen LogP contribution in [0.4, 0.5) is 0 Å². The first-order valence-corrected chi connectivity index (χ1v) is 11.5. The van der Waals surface area contributed by atoms with Crippen LogP contribution >= 0.6 is 0 Å². The van der Waals surface area contributed by atoms with Crippen molar-refractivity contribution in [1.29, 1.82) is 0 Å². The zero-order valence-electron chi connectivity index (χ0n) is 18.0. The predicted molar refractivity (Wildman–Crippen MR) is 108 cm³/mol. The van der Waals surface area contributed by atoms with Crippen molar-refractivity contribution in [1.82, 2.24) is 0 Å². The third-order valence-electron chi connectivity index (χ3n) is 9.96. The molecule has 0 bridgehead atoms. The van der Waals surface area contributed by atoms with Gasteiger partial charge >= 0.3 is 5.97 Å². The van der Waals surface area contributed by atoms with Crippen molar-refractivity contribution in [3.8, 4) is 0 Å². The Hall–Kier alpha value is -1.23. The van der Waals surface area contributed by atoms with E-state index in [2.05, 4.69) is 20.8 Å². The number of carbonyl (C=O) groups is 3. The van der Waals surface area contributed by atoms with Gasteiger partial charge in [-0.15, -0.1) is 0 Å². The fourth-order valence-electron chi connectivity index (χ4n) is 8.21. The van der Waals surface area contributed by atoms with Crippen LogP contribution < -0.4 is 0 Å². The van der Waals surface area contributed by atoms with Crippen LogP contribution in [0.2, 0.25) is 0 Å². The van der Waals surface area contributed by atoms with E-state index in [1.165, 1.54) is 0 Å². The minimum atomic E-state index is -0.769. The minimum absolute atomic E-state index is 0.00507. The highest BCUT2D eigenvalue weighted by atomic mass is 16.4. The lowest BCUT2D eigenvalue weighted by Gasteiger charge is -2.61. The highest BCUT2D eigenvalue weighted by Gasteiger charge is 2.65. The average molecular weight is 405 g/mol. The molecule has 4 saturated carbocycles. The Morgan fingerprint density at radius 1 is 1.17 bits per heavy atom. The molecule has 4 aliphatic rings. The van der Waals surface area contributed by atoms with Gasteiger partial charge in [-0.05, 0) is 67.1 Å². The molecular weight excluding hydrogens is 368 g/mol. The second kappa shape index (κ2) is 7.18. The van der Waals surface area contributed by atoms with Crippen molar-refractivity contribution in [2.45, 2.75) is 84.7 Å². The van der Waals surface area contributed by atoms with Crippen LogP contribution in [-0.4, -0.2) is 33.9 Å². The molecule has 0 radical (unpaired) electrons. The maximum atomic E-state index is 13.3. The largest absolute Gasteiger partial charge is 0.481 e. The molecule has 0 amide bonds. The van der Waals surface area contributed by atoms with Crippen LogP contribution in [0.5, 0.6) is 0 Å². The first kappa shape index (κ1) is 21.0. The lowest BCUT2D eigenvalue weighted by atomic mass is 9.43. The van der Waals surface area contributed by atoms with Gasteiger partial charge in [-0.1, -0.05) is 20.8 Å². The van der Waals surface area contributed by atoms with Gasteiger partial charge in [0, 0.05) is 37.0 Å². The molecule has 4 aliphatic carbocycles.